The summed E-state index contributed by atoms with van der Waals surface area (Å²) >= 11 is 0. The van der Waals surface area contributed by atoms with Crippen LogP contribution in [0.2, 0.25) is 0 Å². The summed E-state index contributed by atoms with van der Waals surface area (Å²) in [7, 11) is 0. The molecule has 0 fully saturated rings. The fourth-order valence-corrected chi connectivity index (χ4v) is 4.14. The van der Waals surface area contributed by atoms with Gasteiger partial charge < -0.3 is 4.90 Å². The highest BCUT2D eigenvalue weighted by atomic mass is 16.2. The van der Waals surface area contributed by atoms with Crippen LogP contribution in [0, 0.1) is 0 Å². The Kier molecular flexibility index (Phi) is 6.38. The maximum absolute atomic E-state index is 13.4. The molecular weight excluding hydrogens is 422 g/mol. The average molecular weight is 448 g/mol. The number of para-hydroxylation sites is 3. The number of aromatic nitrogens is 4. The molecule has 1 amide bonds. The molecule has 0 aliphatic carbocycles. The van der Waals surface area contributed by atoms with E-state index in [-0.39, 0.29) is 5.91 Å². The van der Waals surface area contributed by atoms with Crippen molar-refractivity contribution >= 4 is 16.9 Å². The van der Waals surface area contributed by atoms with Gasteiger partial charge in [0.1, 0.15) is 5.82 Å². The zero-order valence-corrected chi connectivity index (χ0v) is 18.8. The van der Waals surface area contributed by atoms with E-state index in [9.17, 15) is 4.79 Å². The van der Waals surface area contributed by atoms with Crippen LogP contribution in [0.5, 0.6) is 0 Å². The number of hydrogen-bond acceptors (Lipinski definition) is 4. The third-order valence-electron chi connectivity index (χ3n) is 5.78. The van der Waals surface area contributed by atoms with E-state index < -0.39 is 0 Å². The molecule has 5 aromatic rings. The number of hydrogen-bond donors (Lipinski definition) is 0. The van der Waals surface area contributed by atoms with Crippen molar-refractivity contribution in [3.8, 4) is 5.69 Å². The molecule has 2 aromatic carbocycles. The highest BCUT2D eigenvalue weighted by molar-refractivity contribution is 5.79. The topological polar surface area (TPSA) is 63.9 Å². The van der Waals surface area contributed by atoms with E-state index in [1.807, 2.05) is 71.8 Å². The van der Waals surface area contributed by atoms with Crippen molar-refractivity contribution in [2.24, 2.45) is 0 Å². The van der Waals surface area contributed by atoms with Crippen LogP contribution in [0.25, 0.3) is 16.7 Å². The Labute approximate surface area is 198 Å². The number of pyridine rings is 2. The molecule has 0 unspecified atom stereocenters. The van der Waals surface area contributed by atoms with Crippen molar-refractivity contribution in [2.75, 3.05) is 0 Å². The van der Waals surface area contributed by atoms with Crippen LogP contribution >= 0.6 is 0 Å². The fourth-order valence-electron chi connectivity index (χ4n) is 4.14. The molecule has 5 rings (SSSR count). The molecule has 0 aliphatic heterocycles. The lowest BCUT2D eigenvalue weighted by Crippen LogP contribution is -2.30. The summed E-state index contributed by atoms with van der Waals surface area (Å²) < 4.78 is 2.15. The van der Waals surface area contributed by atoms with Crippen LogP contribution < -0.4 is 0 Å². The standard InChI is InChI=1S/C28H25N5O/c34-28(32(20-22-14-17-29-18-15-22)21-23-7-6-16-30-19-23)13-12-27-31-25-10-4-5-11-26(25)33(27)24-8-2-1-3-9-24/h1-11,14-19H,12-13,20-21H2. The lowest BCUT2D eigenvalue weighted by molar-refractivity contribution is -0.132. The lowest BCUT2D eigenvalue weighted by Gasteiger charge is -2.23. The molecular formula is C28H25N5O. The van der Waals surface area contributed by atoms with Gasteiger partial charge >= 0.3 is 0 Å². The minimum atomic E-state index is 0.0762. The molecule has 0 atom stereocenters. The summed E-state index contributed by atoms with van der Waals surface area (Å²) in [4.78, 5) is 28.5. The maximum atomic E-state index is 13.4. The molecule has 168 valence electrons. The molecule has 6 nitrogen and oxygen atoms in total. The predicted molar refractivity (Wildman–Crippen MR) is 132 cm³/mol. The molecule has 0 N–H and O–H groups in total. The van der Waals surface area contributed by atoms with Gasteiger partial charge in [0.15, 0.2) is 0 Å². The van der Waals surface area contributed by atoms with Gasteiger partial charge in [-0.05, 0) is 53.6 Å². The lowest BCUT2D eigenvalue weighted by atomic mass is 10.2. The minimum absolute atomic E-state index is 0.0762. The number of carbonyl (C=O) groups is 1. The molecule has 3 aromatic heterocycles. The van der Waals surface area contributed by atoms with E-state index in [2.05, 4.69) is 32.7 Å². The number of imidazole rings is 1. The molecule has 3 heterocycles. The largest absolute Gasteiger partial charge is 0.334 e. The van der Waals surface area contributed by atoms with Crippen LogP contribution in [0.3, 0.4) is 0 Å². The molecule has 0 aliphatic rings. The number of rotatable bonds is 8. The van der Waals surface area contributed by atoms with E-state index in [1.165, 1.54) is 0 Å². The summed E-state index contributed by atoms with van der Waals surface area (Å²) in [6.45, 7) is 1.02. The maximum Gasteiger partial charge on any atom is 0.223 e. The summed E-state index contributed by atoms with van der Waals surface area (Å²) in [6, 6.07) is 26.0. The third-order valence-corrected chi connectivity index (χ3v) is 5.78. The van der Waals surface area contributed by atoms with E-state index in [0.717, 1.165) is 33.7 Å². The van der Waals surface area contributed by atoms with Crippen molar-refractivity contribution < 1.29 is 4.79 Å². The molecule has 0 bridgehead atoms. The van der Waals surface area contributed by atoms with Crippen LogP contribution in [-0.4, -0.2) is 30.3 Å². The first-order chi connectivity index (χ1) is 16.8. The van der Waals surface area contributed by atoms with Crippen LogP contribution in [-0.2, 0) is 24.3 Å². The van der Waals surface area contributed by atoms with Crippen LogP contribution in [0.1, 0.15) is 23.4 Å². The molecule has 6 heteroatoms. The summed E-state index contributed by atoms with van der Waals surface area (Å²) in [5.41, 5.74) is 5.06. The van der Waals surface area contributed by atoms with Gasteiger partial charge in [0.05, 0.1) is 11.0 Å². The Bertz CT molecular complexity index is 1330. The highest BCUT2D eigenvalue weighted by Gasteiger charge is 2.18. The zero-order valence-electron chi connectivity index (χ0n) is 18.8. The number of aryl methyl sites for hydroxylation is 1. The van der Waals surface area contributed by atoms with E-state index in [0.29, 0.717) is 25.9 Å². The normalized spacial score (nSPS) is 10.9. The molecule has 34 heavy (non-hydrogen) atoms. The highest BCUT2D eigenvalue weighted by Crippen LogP contribution is 2.23. The van der Waals surface area contributed by atoms with Crippen molar-refractivity contribution in [1.29, 1.82) is 0 Å². The molecule has 0 saturated heterocycles. The Balaban J connectivity index is 1.40. The summed E-state index contributed by atoms with van der Waals surface area (Å²) in [5, 5.41) is 0. The number of fused-ring (bicyclic) bond motifs is 1. The molecule has 0 radical (unpaired) electrons. The van der Waals surface area contributed by atoms with Gasteiger partial charge in [-0.15, -0.1) is 0 Å². The zero-order chi connectivity index (χ0) is 23.2. The Morgan fingerprint density at radius 3 is 2.32 bits per heavy atom. The van der Waals surface area contributed by atoms with E-state index in [4.69, 9.17) is 4.98 Å². The van der Waals surface area contributed by atoms with Crippen molar-refractivity contribution in [3.63, 3.8) is 0 Å². The number of amides is 1. The van der Waals surface area contributed by atoms with Crippen LogP contribution in [0.15, 0.2) is 104 Å². The van der Waals surface area contributed by atoms with Gasteiger partial charge in [-0.3, -0.25) is 19.3 Å². The fraction of sp³-hybridized carbons (Fsp3) is 0.143. The first-order valence-electron chi connectivity index (χ1n) is 11.4. The van der Waals surface area contributed by atoms with Gasteiger partial charge in [0.2, 0.25) is 5.91 Å². The second-order valence-electron chi connectivity index (χ2n) is 8.15. The van der Waals surface area contributed by atoms with Crippen LogP contribution in [0.4, 0.5) is 0 Å². The summed E-state index contributed by atoms with van der Waals surface area (Å²) in [5.74, 6) is 0.957. The van der Waals surface area contributed by atoms with Gasteiger partial charge in [-0.25, -0.2) is 4.98 Å². The minimum Gasteiger partial charge on any atom is -0.334 e. The van der Waals surface area contributed by atoms with E-state index in [1.54, 1.807) is 18.6 Å². The number of carbonyl (C=O) groups excluding carboxylic acids is 1. The van der Waals surface area contributed by atoms with E-state index >= 15 is 0 Å². The first-order valence-corrected chi connectivity index (χ1v) is 11.4. The van der Waals surface area contributed by atoms with Crippen molar-refractivity contribution in [2.45, 2.75) is 25.9 Å². The van der Waals surface area contributed by atoms with Crippen molar-refractivity contribution in [3.05, 3.63) is 121 Å². The Morgan fingerprint density at radius 1 is 0.765 bits per heavy atom. The quantitative estimate of drug-likeness (QED) is 0.337. The first kappa shape index (κ1) is 21.5. The third kappa shape index (κ3) is 4.86. The Morgan fingerprint density at radius 2 is 1.53 bits per heavy atom. The number of nitrogens with zero attached hydrogens (tertiary/aromatic N) is 5. The van der Waals surface area contributed by atoms with Gasteiger partial charge in [0, 0.05) is 56.4 Å². The SMILES string of the molecule is O=C(CCc1nc2ccccc2n1-c1ccccc1)N(Cc1ccncc1)Cc1cccnc1. The second kappa shape index (κ2) is 10.1. The van der Waals surface area contributed by atoms with Crippen molar-refractivity contribution in [1.82, 2.24) is 24.4 Å². The summed E-state index contributed by atoms with van der Waals surface area (Å²) in [6.07, 6.45) is 7.96. The van der Waals surface area contributed by atoms with Gasteiger partial charge in [-0.2, -0.15) is 0 Å². The van der Waals surface area contributed by atoms with Gasteiger partial charge in [-0.1, -0.05) is 36.4 Å². The second-order valence-corrected chi connectivity index (χ2v) is 8.15. The monoisotopic (exact) mass is 447 g/mol. The Hall–Kier alpha value is -4.32. The average Bonchev–Trinajstić information content (AvgIpc) is 3.27. The predicted octanol–water partition coefficient (Wildman–Crippen LogP) is 4.98. The molecule has 0 saturated carbocycles. The smallest absolute Gasteiger partial charge is 0.223 e. The molecule has 0 spiro atoms. The van der Waals surface area contributed by atoms with Gasteiger partial charge in [0.25, 0.3) is 0 Å². The number of benzene rings is 2.